The molecule has 1 aromatic carbocycles. The fourth-order valence-electron chi connectivity index (χ4n) is 6.64. The van der Waals surface area contributed by atoms with Gasteiger partial charge in [0, 0.05) is 23.5 Å². The average molecular weight is 932 g/mol. The number of nitrogens with two attached hydrogens (primary N) is 5. The van der Waals surface area contributed by atoms with Crippen LogP contribution in [-0.4, -0.2) is 143 Å². The normalized spacial score (nSPS) is 14.8. The lowest BCUT2D eigenvalue weighted by molar-refractivity contribution is -0.141. The van der Waals surface area contributed by atoms with Gasteiger partial charge in [-0.05, 0) is 103 Å². The maximum absolute atomic E-state index is 14.3. The molecular formula is C42H69N13O11. The topological polar surface area (TPSA) is 424 Å². The van der Waals surface area contributed by atoms with E-state index in [4.69, 9.17) is 28.7 Å². The number of carbonyl (C=O) groups excluding carboxylic acids is 8. The molecule has 1 heterocycles. The van der Waals surface area contributed by atoms with Crippen LogP contribution in [0.3, 0.4) is 0 Å². The van der Waals surface area contributed by atoms with Crippen LogP contribution in [0.5, 0.6) is 0 Å². The lowest BCUT2D eigenvalue weighted by atomic mass is 10.0. The Hall–Kier alpha value is -6.21. The number of para-hydroxylation sites is 1. The van der Waals surface area contributed by atoms with Gasteiger partial charge in [0.25, 0.3) is 0 Å². The molecule has 0 aliphatic rings. The van der Waals surface area contributed by atoms with Gasteiger partial charge in [-0.2, -0.15) is 0 Å². The van der Waals surface area contributed by atoms with Crippen molar-refractivity contribution in [1.82, 2.24) is 42.2 Å². The number of aliphatic hydroxyl groups is 1. The number of hydrogen-bond donors (Lipinski definition) is 15. The number of hydrogen-bond acceptors (Lipinski definition) is 14. The summed E-state index contributed by atoms with van der Waals surface area (Å²) in [7, 11) is 0. The summed E-state index contributed by atoms with van der Waals surface area (Å²) in [5, 5.41) is 37.8. The summed E-state index contributed by atoms with van der Waals surface area (Å²) >= 11 is 0. The Morgan fingerprint density at radius 2 is 0.985 bits per heavy atom. The van der Waals surface area contributed by atoms with Gasteiger partial charge < -0.3 is 81.1 Å². The van der Waals surface area contributed by atoms with Crippen molar-refractivity contribution in [2.24, 2.45) is 28.7 Å². The molecule has 368 valence electrons. The Kier molecular flexibility index (Phi) is 24.9. The van der Waals surface area contributed by atoms with Crippen LogP contribution in [0.4, 0.5) is 0 Å². The van der Waals surface area contributed by atoms with Gasteiger partial charge in [-0.1, -0.05) is 18.2 Å². The first kappa shape index (κ1) is 55.9. The van der Waals surface area contributed by atoms with E-state index in [0.717, 1.165) is 0 Å². The van der Waals surface area contributed by atoms with Crippen LogP contribution >= 0.6 is 0 Å². The number of carbonyl (C=O) groups is 9. The number of nitrogens with one attached hydrogen (secondary N) is 8. The summed E-state index contributed by atoms with van der Waals surface area (Å²) in [6.45, 7) is 2.65. The van der Waals surface area contributed by atoms with Gasteiger partial charge in [0.1, 0.15) is 42.3 Å². The third-order valence-electron chi connectivity index (χ3n) is 10.5. The number of aliphatic hydroxyl groups excluding tert-OH is 1. The van der Waals surface area contributed by atoms with Crippen molar-refractivity contribution < 1.29 is 53.4 Å². The first-order valence-corrected chi connectivity index (χ1v) is 22.0. The molecule has 0 spiro atoms. The molecule has 66 heavy (non-hydrogen) atoms. The predicted molar refractivity (Wildman–Crippen MR) is 242 cm³/mol. The van der Waals surface area contributed by atoms with E-state index in [2.05, 4.69) is 42.2 Å². The van der Waals surface area contributed by atoms with Crippen molar-refractivity contribution in [2.75, 3.05) is 26.2 Å². The van der Waals surface area contributed by atoms with Crippen molar-refractivity contribution in [3.8, 4) is 0 Å². The summed E-state index contributed by atoms with van der Waals surface area (Å²) in [6.07, 6.45) is 3.14. The third kappa shape index (κ3) is 19.1. The number of carboxylic acids is 1. The summed E-state index contributed by atoms with van der Waals surface area (Å²) in [5.74, 6) is -8.56. The van der Waals surface area contributed by atoms with Crippen LogP contribution in [0.2, 0.25) is 0 Å². The molecule has 0 fully saturated rings. The molecule has 1 aromatic heterocycles. The quantitative estimate of drug-likeness (QED) is 0.0310. The maximum atomic E-state index is 14.3. The van der Waals surface area contributed by atoms with Crippen molar-refractivity contribution in [1.29, 1.82) is 0 Å². The van der Waals surface area contributed by atoms with E-state index in [9.17, 15) is 53.4 Å². The van der Waals surface area contributed by atoms with Gasteiger partial charge in [-0.25, -0.2) is 0 Å². The van der Waals surface area contributed by atoms with E-state index in [1.54, 1.807) is 30.5 Å². The fraction of sp³-hybridized carbons (Fsp3) is 0.595. The molecule has 0 bridgehead atoms. The molecular weight excluding hydrogens is 863 g/mol. The second-order valence-corrected chi connectivity index (χ2v) is 16.0. The van der Waals surface area contributed by atoms with Crippen molar-refractivity contribution in [3.63, 3.8) is 0 Å². The van der Waals surface area contributed by atoms with Gasteiger partial charge in [0.05, 0.1) is 19.1 Å². The first-order valence-electron chi connectivity index (χ1n) is 22.0. The van der Waals surface area contributed by atoms with Crippen LogP contribution in [-0.2, 0) is 49.6 Å². The van der Waals surface area contributed by atoms with Crippen LogP contribution in [0.15, 0.2) is 30.5 Å². The van der Waals surface area contributed by atoms with Crippen molar-refractivity contribution >= 4 is 64.1 Å². The van der Waals surface area contributed by atoms with E-state index in [1.807, 2.05) is 0 Å². The van der Waals surface area contributed by atoms with Crippen LogP contribution < -0.4 is 65.9 Å². The second-order valence-electron chi connectivity index (χ2n) is 16.0. The number of rotatable bonds is 32. The highest BCUT2D eigenvalue weighted by molar-refractivity contribution is 5.99. The number of aliphatic carboxylic acids is 1. The van der Waals surface area contributed by atoms with E-state index in [1.165, 1.54) is 13.8 Å². The highest BCUT2D eigenvalue weighted by Gasteiger charge is 2.35. The SMILES string of the molecule is C[C@H](N)C(=O)N[C@@H](CCCCN)C(=O)N[C@@H](CCCCN)C(=O)N[C@@H](Cc1c[nH]c2ccccc12)C(=O)N[C@@H](CC(=O)O)C(=O)N[C@@H](CCCCN)C(=O)N[C@@H](CO)C(=O)N[C@@H](C)C(N)=O. The van der Waals surface area contributed by atoms with Gasteiger partial charge in [-0.15, -0.1) is 0 Å². The van der Waals surface area contributed by atoms with E-state index in [0.29, 0.717) is 55.1 Å². The first-order chi connectivity index (χ1) is 31.4. The predicted octanol–water partition coefficient (Wildman–Crippen LogP) is -4.19. The number of unbranched alkanes of at least 4 members (excludes halogenated alkanes) is 3. The lowest BCUT2D eigenvalue weighted by Crippen LogP contribution is -2.61. The Bertz CT molecular complexity index is 1950. The standard InChI is InChI=1S/C42H69N13O11/c1-23(46)36(60)50-28(13-5-8-16-43)37(61)51-29(14-6-9-17-44)38(62)53-31(19-25-21-48-27-12-4-3-11-26(25)27)40(64)54-32(20-34(57)58)41(65)52-30(15-7-10-18-45)39(63)55-33(22-56)42(66)49-24(2)35(47)59/h3-4,11-12,21,23-24,28-33,48,56H,5-10,13-20,22,43-46H2,1-2H3,(H2,47,59)(H,49,66)(H,50,60)(H,51,61)(H,52,65)(H,53,62)(H,54,64)(H,55,63)(H,57,58)/t23-,24-,28-,29-,30-,31-,32-,33-/m0/s1. The number of carboxylic acid groups (broad SMARTS) is 1. The van der Waals surface area contributed by atoms with Crippen LogP contribution in [0.25, 0.3) is 10.9 Å². The van der Waals surface area contributed by atoms with Crippen LogP contribution in [0, 0.1) is 0 Å². The molecule has 0 saturated heterocycles. The van der Waals surface area contributed by atoms with E-state index in [-0.39, 0.29) is 45.2 Å². The van der Waals surface area contributed by atoms with E-state index < -0.39 is 115 Å². The molecule has 0 unspecified atom stereocenters. The summed E-state index contributed by atoms with van der Waals surface area (Å²) < 4.78 is 0. The Labute approximate surface area is 382 Å². The number of primary amides is 1. The third-order valence-corrected chi connectivity index (χ3v) is 10.5. The fourth-order valence-corrected chi connectivity index (χ4v) is 6.64. The molecule has 2 rings (SSSR count). The largest absolute Gasteiger partial charge is 0.481 e. The lowest BCUT2D eigenvalue weighted by Gasteiger charge is -2.27. The van der Waals surface area contributed by atoms with Crippen molar-refractivity contribution in [3.05, 3.63) is 36.0 Å². The average Bonchev–Trinajstić information content (AvgIpc) is 3.68. The number of fused-ring (bicyclic) bond motifs is 1. The minimum atomic E-state index is -1.83. The van der Waals surface area contributed by atoms with Crippen molar-refractivity contribution in [2.45, 2.75) is 133 Å². The monoisotopic (exact) mass is 932 g/mol. The zero-order valence-electron chi connectivity index (χ0n) is 37.6. The minimum Gasteiger partial charge on any atom is -0.481 e. The molecule has 24 heteroatoms. The Morgan fingerprint density at radius 3 is 1.44 bits per heavy atom. The molecule has 0 saturated carbocycles. The molecule has 0 aliphatic carbocycles. The molecule has 20 N–H and O–H groups in total. The number of amides is 8. The molecule has 8 atom stereocenters. The van der Waals surface area contributed by atoms with Crippen LogP contribution in [0.1, 0.15) is 83.6 Å². The highest BCUT2D eigenvalue weighted by Crippen LogP contribution is 2.20. The number of benzene rings is 1. The zero-order valence-corrected chi connectivity index (χ0v) is 37.6. The Morgan fingerprint density at radius 1 is 0.576 bits per heavy atom. The molecule has 0 radical (unpaired) electrons. The molecule has 0 aliphatic heterocycles. The summed E-state index contributed by atoms with van der Waals surface area (Å²) in [5.41, 5.74) is 29.2. The minimum absolute atomic E-state index is 0.0631. The van der Waals surface area contributed by atoms with Gasteiger partial charge in [0.15, 0.2) is 0 Å². The second kappa shape index (κ2) is 29.4. The molecule has 24 nitrogen and oxygen atoms in total. The van der Waals surface area contributed by atoms with Gasteiger partial charge >= 0.3 is 5.97 Å². The van der Waals surface area contributed by atoms with Gasteiger partial charge in [-0.3, -0.25) is 43.2 Å². The zero-order chi connectivity index (χ0) is 49.3. The summed E-state index contributed by atoms with van der Waals surface area (Å²) in [6, 6.07) is -3.70. The maximum Gasteiger partial charge on any atom is 0.305 e. The number of aromatic nitrogens is 1. The van der Waals surface area contributed by atoms with E-state index >= 15 is 0 Å². The number of aromatic amines is 1. The molecule has 2 aromatic rings. The Balaban J connectivity index is 2.50. The summed E-state index contributed by atoms with van der Waals surface area (Å²) in [4.78, 5) is 122. The number of H-pyrrole nitrogens is 1. The molecule has 8 amide bonds. The highest BCUT2D eigenvalue weighted by atomic mass is 16.4. The smallest absolute Gasteiger partial charge is 0.305 e. The van der Waals surface area contributed by atoms with Gasteiger partial charge in [0.2, 0.25) is 47.3 Å².